The smallest absolute Gasteiger partial charge is 0.237 e. The Kier molecular flexibility index (Phi) is 4.97. The molecule has 1 fully saturated rings. The third-order valence-corrected chi connectivity index (χ3v) is 5.27. The maximum Gasteiger partial charge on any atom is 0.237 e. The fourth-order valence-electron chi connectivity index (χ4n) is 2.72. The van der Waals surface area contributed by atoms with E-state index in [0.29, 0.717) is 17.0 Å². The average Bonchev–Trinajstić information content (AvgIpc) is 3.23. The number of hydrogen-bond donors (Lipinski definition) is 1. The van der Waals surface area contributed by atoms with Crippen LogP contribution < -0.4 is 5.32 Å². The SMILES string of the molecule is CC(C)(C)c1cc(NC(=O)CSc2nc(C3CC3)n(-c3ccccc3)n2)on1. The van der Waals surface area contributed by atoms with E-state index in [0.717, 1.165) is 30.0 Å². The number of aromatic nitrogens is 4. The molecule has 8 heteroatoms. The van der Waals surface area contributed by atoms with Crippen LogP contribution in [0, 0.1) is 0 Å². The molecule has 146 valence electrons. The minimum absolute atomic E-state index is 0.130. The minimum Gasteiger partial charge on any atom is -0.338 e. The van der Waals surface area contributed by atoms with E-state index in [1.807, 2.05) is 55.8 Å². The molecule has 0 radical (unpaired) electrons. The molecule has 0 atom stereocenters. The molecule has 1 N–H and O–H groups in total. The topological polar surface area (TPSA) is 85.8 Å². The van der Waals surface area contributed by atoms with Gasteiger partial charge in [-0.05, 0) is 25.0 Å². The molecule has 3 aromatic rings. The number of rotatable bonds is 6. The van der Waals surface area contributed by atoms with Crippen molar-refractivity contribution in [2.45, 2.75) is 50.1 Å². The molecule has 4 rings (SSSR count). The lowest BCUT2D eigenvalue weighted by atomic mass is 9.92. The summed E-state index contributed by atoms with van der Waals surface area (Å²) in [7, 11) is 0. The standard InChI is InChI=1S/C20H23N5O2S/c1-20(2,3)15-11-17(27-24-15)21-16(26)12-28-19-22-18(13-9-10-13)25(23-19)14-7-5-4-6-8-14/h4-8,11,13H,9-10,12H2,1-3H3,(H,21,26). The lowest BCUT2D eigenvalue weighted by Gasteiger charge is -2.12. The predicted molar refractivity (Wildman–Crippen MR) is 108 cm³/mol. The fraction of sp³-hybridized carbons (Fsp3) is 0.400. The number of carbonyl (C=O) groups is 1. The highest BCUT2D eigenvalue weighted by atomic mass is 32.2. The van der Waals surface area contributed by atoms with Gasteiger partial charge in [-0.2, -0.15) is 0 Å². The van der Waals surface area contributed by atoms with Crippen LogP contribution in [0.3, 0.4) is 0 Å². The summed E-state index contributed by atoms with van der Waals surface area (Å²) in [6, 6.07) is 11.7. The number of hydrogen-bond acceptors (Lipinski definition) is 6. The zero-order chi connectivity index (χ0) is 19.7. The van der Waals surface area contributed by atoms with Crippen LogP contribution in [0.25, 0.3) is 5.69 Å². The van der Waals surface area contributed by atoms with Gasteiger partial charge in [-0.15, -0.1) is 5.10 Å². The molecule has 0 spiro atoms. The van der Waals surface area contributed by atoms with Gasteiger partial charge in [0.25, 0.3) is 0 Å². The molecular formula is C20H23N5O2S. The number of nitrogens with one attached hydrogen (secondary N) is 1. The number of carbonyl (C=O) groups excluding carboxylic acids is 1. The molecule has 0 unspecified atom stereocenters. The van der Waals surface area contributed by atoms with Gasteiger partial charge < -0.3 is 4.52 Å². The van der Waals surface area contributed by atoms with Crippen LogP contribution in [0.15, 0.2) is 46.1 Å². The van der Waals surface area contributed by atoms with Crippen molar-refractivity contribution in [3.8, 4) is 5.69 Å². The van der Waals surface area contributed by atoms with Gasteiger partial charge in [0.1, 0.15) is 5.82 Å². The summed E-state index contributed by atoms with van der Waals surface area (Å²) in [4.78, 5) is 16.9. The van der Waals surface area contributed by atoms with Gasteiger partial charge in [0.15, 0.2) is 0 Å². The van der Waals surface area contributed by atoms with Gasteiger partial charge in [-0.1, -0.05) is 55.9 Å². The monoisotopic (exact) mass is 397 g/mol. The highest BCUT2D eigenvalue weighted by molar-refractivity contribution is 7.99. The number of amides is 1. The van der Waals surface area contributed by atoms with E-state index < -0.39 is 0 Å². The second kappa shape index (κ2) is 7.43. The van der Waals surface area contributed by atoms with E-state index in [1.165, 1.54) is 11.8 Å². The number of thioether (sulfide) groups is 1. The first-order chi connectivity index (χ1) is 13.4. The summed E-state index contributed by atoms with van der Waals surface area (Å²) in [5.41, 5.74) is 1.66. The lowest BCUT2D eigenvalue weighted by molar-refractivity contribution is -0.113. The van der Waals surface area contributed by atoms with Crippen molar-refractivity contribution >= 4 is 23.6 Å². The van der Waals surface area contributed by atoms with E-state index in [4.69, 9.17) is 4.52 Å². The van der Waals surface area contributed by atoms with Crippen molar-refractivity contribution < 1.29 is 9.32 Å². The maximum absolute atomic E-state index is 12.3. The molecule has 0 saturated heterocycles. The molecule has 1 aromatic carbocycles. The number of nitrogens with zero attached hydrogens (tertiary/aromatic N) is 4. The van der Waals surface area contributed by atoms with Crippen LogP contribution in [-0.4, -0.2) is 31.6 Å². The quantitative estimate of drug-likeness (QED) is 0.629. The normalized spacial score (nSPS) is 14.2. The molecule has 0 aliphatic heterocycles. The van der Waals surface area contributed by atoms with E-state index >= 15 is 0 Å². The van der Waals surface area contributed by atoms with E-state index in [-0.39, 0.29) is 17.1 Å². The molecule has 1 amide bonds. The third-order valence-electron chi connectivity index (χ3n) is 4.43. The van der Waals surface area contributed by atoms with Crippen molar-refractivity contribution in [1.29, 1.82) is 0 Å². The molecular weight excluding hydrogens is 374 g/mol. The number of benzene rings is 1. The summed E-state index contributed by atoms with van der Waals surface area (Å²) in [6.45, 7) is 6.12. The van der Waals surface area contributed by atoms with Crippen LogP contribution in [-0.2, 0) is 10.2 Å². The lowest BCUT2D eigenvalue weighted by Crippen LogP contribution is -2.14. The summed E-state index contributed by atoms with van der Waals surface area (Å²) in [6.07, 6.45) is 2.27. The van der Waals surface area contributed by atoms with Crippen molar-refractivity contribution in [3.05, 3.63) is 47.9 Å². The summed E-state index contributed by atoms with van der Waals surface area (Å²) in [5, 5.41) is 12.0. The Labute approximate surface area is 167 Å². The Morgan fingerprint density at radius 3 is 2.68 bits per heavy atom. The van der Waals surface area contributed by atoms with Gasteiger partial charge in [-0.25, -0.2) is 9.67 Å². The Balaban J connectivity index is 1.41. The largest absolute Gasteiger partial charge is 0.338 e. The fourth-order valence-corrected chi connectivity index (χ4v) is 3.35. The van der Waals surface area contributed by atoms with Crippen molar-refractivity contribution in [2.24, 2.45) is 0 Å². The average molecular weight is 398 g/mol. The Morgan fingerprint density at radius 1 is 1.29 bits per heavy atom. The van der Waals surface area contributed by atoms with Crippen molar-refractivity contribution in [2.75, 3.05) is 11.1 Å². The second-order valence-electron chi connectivity index (χ2n) is 7.94. The molecule has 1 aliphatic carbocycles. The first kappa shape index (κ1) is 18.7. The zero-order valence-electron chi connectivity index (χ0n) is 16.2. The minimum atomic E-state index is -0.175. The predicted octanol–water partition coefficient (Wildman–Crippen LogP) is 4.16. The van der Waals surface area contributed by atoms with Crippen LogP contribution in [0.1, 0.15) is 51.0 Å². The molecule has 7 nitrogen and oxygen atoms in total. The van der Waals surface area contributed by atoms with Crippen molar-refractivity contribution in [3.63, 3.8) is 0 Å². The molecule has 1 aliphatic rings. The first-order valence-electron chi connectivity index (χ1n) is 9.32. The van der Waals surface area contributed by atoms with E-state index in [9.17, 15) is 4.79 Å². The third kappa shape index (κ3) is 4.27. The van der Waals surface area contributed by atoms with E-state index in [2.05, 4.69) is 20.6 Å². The number of para-hydroxylation sites is 1. The summed E-state index contributed by atoms with van der Waals surface area (Å²) >= 11 is 1.32. The van der Waals surface area contributed by atoms with Crippen LogP contribution in [0.4, 0.5) is 5.88 Å². The molecule has 2 aromatic heterocycles. The highest BCUT2D eigenvalue weighted by Crippen LogP contribution is 2.40. The summed E-state index contributed by atoms with van der Waals surface area (Å²) < 4.78 is 7.10. The van der Waals surface area contributed by atoms with Crippen LogP contribution in [0.5, 0.6) is 0 Å². The van der Waals surface area contributed by atoms with Crippen LogP contribution in [0.2, 0.25) is 0 Å². The Bertz CT molecular complexity index is 970. The molecule has 0 bridgehead atoms. The van der Waals surface area contributed by atoms with Gasteiger partial charge in [0.2, 0.25) is 16.9 Å². The van der Waals surface area contributed by atoms with Gasteiger partial charge in [0.05, 0.1) is 17.1 Å². The zero-order valence-corrected chi connectivity index (χ0v) is 17.0. The molecule has 28 heavy (non-hydrogen) atoms. The Morgan fingerprint density at radius 2 is 2.04 bits per heavy atom. The van der Waals surface area contributed by atoms with Gasteiger partial charge in [0, 0.05) is 17.4 Å². The highest BCUT2D eigenvalue weighted by Gasteiger charge is 2.30. The van der Waals surface area contributed by atoms with E-state index in [1.54, 1.807) is 6.07 Å². The molecule has 1 saturated carbocycles. The maximum atomic E-state index is 12.3. The summed E-state index contributed by atoms with van der Waals surface area (Å²) in [5.74, 6) is 1.82. The van der Waals surface area contributed by atoms with Gasteiger partial charge >= 0.3 is 0 Å². The molecule has 2 heterocycles. The number of anilines is 1. The second-order valence-corrected chi connectivity index (χ2v) is 8.88. The Hall–Kier alpha value is -2.61. The first-order valence-corrected chi connectivity index (χ1v) is 10.3. The van der Waals surface area contributed by atoms with Crippen LogP contribution >= 0.6 is 11.8 Å². The van der Waals surface area contributed by atoms with Crippen molar-refractivity contribution in [1.82, 2.24) is 19.9 Å². The van der Waals surface area contributed by atoms with Gasteiger partial charge in [-0.3, -0.25) is 10.1 Å².